The SMILES string of the molecule is CC(=CCOC(=O)CCCCCC(=O)OCC=C(C)CCCC(C)CCCC(C)CCCC(C)C)CCCC(C)CCCC(C)CCCC(C)C. The molecule has 51 heavy (non-hydrogen) atoms. The van der Waals surface area contributed by atoms with Gasteiger partial charge in [0.05, 0.1) is 0 Å². The minimum atomic E-state index is -0.147. The molecule has 0 aliphatic carbocycles. The molecule has 0 aliphatic heterocycles. The van der Waals surface area contributed by atoms with Crippen LogP contribution in [0.2, 0.25) is 0 Å². The van der Waals surface area contributed by atoms with Crippen molar-refractivity contribution in [3.8, 4) is 0 Å². The van der Waals surface area contributed by atoms with Gasteiger partial charge in [-0.25, -0.2) is 0 Å². The van der Waals surface area contributed by atoms with E-state index in [0.29, 0.717) is 26.1 Å². The van der Waals surface area contributed by atoms with Gasteiger partial charge in [-0.1, -0.05) is 163 Å². The van der Waals surface area contributed by atoms with Gasteiger partial charge in [0.25, 0.3) is 0 Å². The van der Waals surface area contributed by atoms with Crippen molar-refractivity contribution < 1.29 is 19.1 Å². The van der Waals surface area contributed by atoms with Crippen LogP contribution in [0.4, 0.5) is 0 Å². The third kappa shape index (κ3) is 35.2. The summed E-state index contributed by atoms with van der Waals surface area (Å²) in [6, 6.07) is 0. The first-order valence-electron chi connectivity index (χ1n) is 21.9. The van der Waals surface area contributed by atoms with Crippen LogP contribution in [0, 0.1) is 35.5 Å². The lowest BCUT2D eigenvalue weighted by molar-refractivity contribution is -0.142. The lowest BCUT2D eigenvalue weighted by atomic mass is 9.91. The third-order valence-electron chi connectivity index (χ3n) is 10.9. The lowest BCUT2D eigenvalue weighted by Gasteiger charge is -2.15. The monoisotopic (exact) mass is 717 g/mol. The Bertz CT molecular complexity index is 828. The Kier molecular flexibility index (Phi) is 32.0. The Balaban J connectivity index is 3.80. The number of allylic oxidation sites excluding steroid dienone is 2. The highest BCUT2D eigenvalue weighted by atomic mass is 16.5. The van der Waals surface area contributed by atoms with Crippen molar-refractivity contribution >= 4 is 11.9 Å². The smallest absolute Gasteiger partial charge is 0.306 e. The summed E-state index contributed by atoms with van der Waals surface area (Å²) in [6.07, 6.45) is 30.8. The number of hydrogen-bond donors (Lipinski definition) is 0. The van der Waals surface area contributed by atoms with Crippen LogP contribution in [-0.2, 0) is 19.1 Å². The predicted octanol–water partition coefficient (Wildman–Crippen LogP) is 14.8. The minimum absolute atomic E-state index is 0.147. The molecule has 0 N–H and O–H groups in total. The molecule has 4 atom stereocenters. The molecule has 0 aromatic rings. The summed E-state index contributed by atoms with van der Waals surface area (Å²) >= 11 is 0. The second-order valence-corrected chi connectivity index (χ2v) is 17.7. The van der Waals surface area contributed by atoms with Gasteiger partial charge in [0, 0.05) is 12.8 Å². The van der Waals surface area contributed by atoms with Crippen LogP contribution in [0.25, 0.3) is 0 Å². The van der Waals surface area contributed by atoms with Crippen LogP contribution >= 0.6 is 0 Å². The van der Waals surface area contributed by atoms with Gasteiger partial charge in [0.15, 0.2) is 0 Å². The van der Waals surface area contributed by atoms with Crippen LogP contribution in [-0.4, -0.2) is 25.2 Å². The van der Waals surface area contributed by atoms with Crippen molar-refractivity contribution in [3.05, 3.63) is 23.3 Å². The molecule has 0 spiro atoms. The highest BCUT2D eigenvalue weighted by Gasteiger charge is 2.09. The maximum absolute atomic E-state index is 12.1. The molecule has 0 bridgehead atoms. The molecule has 0 amide bonds. The second kappa shape index (κ2) is 33.0. The highest BCUT2D eigenvalue weighted by molar-refractivity contribution is 5.70. The molecule has 0 saturated heterocycles. The van der Waals surface area contributed by atoms with E-state index in [2.05, 4.69) is 81.4 Å². The van der Waals surface area contributed by atoms with Gasteiger partial charge >= 0.3 is 11.9 Å². The zero-order valence-corrected chi connectivity index (χ0v) is 35.9. The van der Waals surface area contributed by atoms with Crippen LogP contribution < -0.4 is 0 Å². The fraction of sp³-hybridized carbons (Fsp3) is 0.872. The van der Waals surface area contributed by atoms with E-state index in [4.69, 9.17) is 9.47 Å². The standard InChI is InChI=1S/C47H88O4/c1-38(2)20-14-22-40(5)24-16-26-42(7)28-18-30-44(9)34-36-50-46(48)32-12-11-13-33-47(49)51-37-35-45(10)31-19-29-43(8)27-17-25-41(6)23-15-21-39(3)4/h34-35,38-43H,11-33,36-37H2,1-10H3. The zero-order valence-electron chi connectivity index (χ0n) is 35.9. The molecule has 4 nitrogen and oxygen atoms in total. The topological polar surface area (TPSA) is 52.6 Å². The predicted molar refractivity (Wildman–Crippen MR) is 222 cm³/mol. The highest BCUT2D eigenvalue weighted by Crippen LogP contribution is 2.23. The van der Waals surface area contributed by atoms with Crippen molar-refractivity contribution in [2.75, 3.05) is 13.2 Å². The first-order valence-corrected chi connectivity index (χ1v) is 21.9. The molecular weight excluding hydrogens is 629 g/mol. The number of unbranched alkanes of at least 4 members (excludes halogenated alkanes) is 2. The fourth-order valence-corrected chi connectivity index (χ4v) is 7.03. The molecule has 0 aliphatic rings. The number of ether oxygens (including phenoxy) is 2. The summed E-state index contributed by atoms with van der Waals surface area (Å²) in [4.78, 5) is 24.3. The van der Waals surface area contributed by atoms with E-state index >= 15 is 0 Å². The maximum Gasteiger partial charge on any atom is 0.306 e. The van der Waals surface area contributed by atoms with E-state index in [1.807, 2.05) is 0 Å². The van der Waals surface area contributed by atoms with E-state index in [0.717, 1.165) is 67.6 Å². The van der Waals surface area contributed by atoms with Crippen molar-refractivity contribution in [1.82, 2.24) is 0 Å². The van der Waals surface area contributed by atoms with Gasteiger partial charge in [-0.05, 0) is 100 Å². The molecule has 0 rings (SSSR count). The summed E-state index contributed by atoms with van der Waals surface area (Å²) in [5, 5.41) is 0. The Morgan fingerprint density at radius 3 is 1.00 bits per heavy atom. The largest absolute Gasteiger partial charge is 0.461 e. The van der Waals surface area contributed by atoms with Crippen molar-refractivity contribution in [2.45, 2.75) is 217 Å². The normalized spacial score (nSPS) is 14.9. The summed E-state index contributed by atoms with van der Waals surface area (Å²) in [7, 11) is 0. The summed E-state index contributed by atoms with van der Waals surface area (Å²) in [5.41, 5.74) is 2.62. The molecule has 4 heteroatoms. The number of rotatable bonds is 34. The van der Waals surface area contributed by atoms with Gasteiger partial charge in [-0.15, -0.1) is 0 Å². The fourth-order valence-electron chi connectivity index (χ4n) is 7.03. The average Bonchev–Trinajstić information content (AvgIpc) is 3.04. The van der Waals surface area contributed by atoms with Gasteiger partial charge in [0.1, 0.15) is 13.2 Å². The van der Waals surface area contributed by atoms with Gasteiger partial charge in [-0.3, -0.25) is 9.59 Å². The Morgan fingerprint density at radius 1 is 0.392 bits per heavy atom. The third-order valence-corrected chi connectivity index (χ3v) is 10.9. The molecule has 4 unspecified atom stereocenters. The van der Waals surface area contributed by atoms with E-state index in [1.165, 1.54) is 114 Å². The Labute approximate surface area is 319 Å². The first-order chi connectivity index (χ1) is 24.3. The Morgan fingerprint density at radius 2 is 0.686 bits per heavy atom. The van der Waals surface area contributed by atoms with Gasteiger partial charge in [-0.2, -0.15) is 0 Å². The van der Waals surface area contributed by atoms with Crippen LogP contribution in [0.3, 0.4) is 0 Å². The quantitative estimate of drug-likeness (QED) is 0.0378. The molecule has 0 radical (unpaired) electrons. The van der Waals surface area contributed by atoms with Gasteiger partial charge in [0.2, 0.25) is 0 Å². The van der Waals surface area contributed by atoms with Crippen LogP contribution in [0.15, 0.2) is 23.3 Å². The zero-order chi connectivity index (χ0) is 38.3. The lowest BCUT2D eigenvalue weighted by Crippen LogP contribution is -2.06. The van der Waals surface area contributed by atoms with Crippen molar-refractivity contribution in [1.29, 1.82) is 0 Å². The minimum Gasteiger partial charge on any atom is -0.461 e. The average molecular weight is 717 g/mol. The van der Waals surface area contributed by atoms with Crippen LogP contribution in [0.1, 0.15) is 217 Å². The van der Waals surface area contributed by atoms with Gasteiger partial charge < -0.3 is 9.47 Å². The molecule has 0 aromatic heterocycles. The maximum atomic E-state index is 12.1. The molecule has 0 saturated carbocycles. The number of hydrogen-bond acceptors (Lipinski definition) is 4. The molecular formula is C47H88O4. The van der Waals surface area contributed by atoms with Crippen LogP contribution in [0.5, 0.6) is 0 Å². The van der Waals surface area contributed by atoms with Crippen molar-refractivity contribution in [2.24, 2.45) is 35.5 Å². The first kappa shape index (κ1) is 49.4. The number of carbonyl (C=O) groups excluding carboxylic acids is 2. The summed E-state index contributed by atoms with van der Waals surface area (Å²) in [5.74, 6) is 4.66. The summed E-state index contributed by atoms with van der Waals surface area (Å²) < 4.78 is 10.9. The van der Waals surface area contributed by atoms with E-state index in [9.17, 15) is 9.59 Å². The van der Waals surface area contributed by atoms with E-state index in [-0.39, 0.29) is 11.9 Å². The molecule has 0 aromatic carbocycles. The summed E-state index contributed by atoms with van der Waals surface area (Å²) in [6.45, 7) is 24.0. The second-order valence-electron chi connectivity index (χ2n) is 17.7. The Hall–Kier alpha value is -1.58. The van der Waals surface area contributed by atoms with E-state index in [1.54, 1.807) is 0 Å². The number of esters is 2. The molecule has 0 fully saturated rings. The van der Waals surface area contributed by atoms with E-state index < -0.39 is 0 Å². The van der Waals surface area contributed by atoms with Crippen molar-refractivity contribution in [3.63, 3.8) is 0 Å². The molecule has 300 valence electrons. The number of carbonyl (C=O) groups is 2. The molecule has 0 heterocycles.